The second kappa shape index (κ2) is 8.90. The van der Waals surface area contributed by atoms with E-state index in [0.717, 1.165) is 16.8 Å². The summed E-state index contributed by atoms with van der Waals surface area (Å²) in [7, 11) is 4.65. The predicted octanol–water partition coefficient (Wildman–Crippen LogP) is 4.73. The van der Waals surface area contributed by atoms with Crippen molar-refractivity contribution < 1.29 is 23.6 Å². The van der Waals surface area contributed by atoms with Gasteiger partial charge in [-0.25, -0.2) is 4.63 Å². The second-order valence-electron chi connectivity index (χ2n) is 8.09. The van der Waals surface area contributed by atoms with Crippen molar-refractivity contribution in [1.82, 2.24) is 10.3 Å². The van der Waals surface area contributed by atoms with Crippen molar-refractivity contribution in [1.29, 1.82) is 0 Å². The van der Waals surface area contributed by atoms with Crippen LogP contribution in [0, 0.1) is 0 Å². The first-order chi connectivity index (χ1) is 16.5. The van der Waals surface area contributed by atoms with Crippen molar-refractivity contribution in [3.63, 3.8) is 0 Å². The Morgan fingerprint density at radius 3 is 2.26 bits per heavy atom. The molecule has 2 heterocycles. The lowest BCUT2D eigenvalue weighted by molar-refractivity contribution is -0.116. The Balaban J connectivity index is 1.62. The van der Waals surface area contributed by atoms with E-state index in [9.17, 15) is 4.79 Å². The number of fused-ring (bicyclic) bond motifs is 1. The first-order valence-electron chi connectivity index (χ1n) is 10.7. The lowest BCUT2D eigenvalue weighted by Gasteiger charge is -2.30. The highest BCUT2D eigenvalue weighted by Gasteiger charge is 2.38. The van der Waals surface area contributed by atoms with Crippen LogP contribution in [-0.2, 0) is 4.79 Å². The van der Waals surface area contributed by atoms with Crippen LogP contribution in [0.3, 0.4) is 0 Å². The number of anilines is 2. The third-order valence-electron chi connectivity index (χ3n) is 6.20. The molecule has 0 radical (unpaired) electrons. The van der Waals surface area contributed by atoms with Crippen LogP contribution < -0.4 is 24.8 Å². The molecule has 2 aliphatic rings. The molecule has 9 nitrogen and oxygen atoms in total. The maximum Gasteiger partial charge on any atom is 0.219 e. The minimum Gasteiger partial charge on any atom is -0.493 e. The van der Waals surface area contributed by atoms with Crippen LogP contribution in [0.4, 0.5) is 11.6 Å². The van der Waals surface area contributed by atoms with Gasteiger partial charge in [0.1, 0.15) is 0 Å². The molecule has 0 amide bonds. The number of hydrogen-bond donors (Lipinski definition) is 2. The average molecular weight is 483 g/mol. The van der Waals surface area contributed by atoms with Crippen LogP contribution in [0.25, 0.3) is 0 Å². The third kappa shape index (κ3) is 3.81. The molecule has 10 heteroatoms. The monoisotopic (exact) mass is 482 g/mol. The Morgan fingerprint density at radius 1 is 0.941 bits per heavy atom. The number of nitrogens with one attached hydrogen (secondary N) is 2. The summed E-state index contributed by atoms with van der Waals surface area (Å²) < 4.78 is 21.5. The molecular weight excluding hydrogens is 460 g/mol. The number of allylic oxidation sites excluding steroid dienone is 1. The molecule has 34 heavy (non-hydrogen) atoms. The maximum atomic E-state index is 13.6. The number of methoxy groups -OCH3 is 3. The molecule has 2 N–H and O–H groups in total. The van der Waals surface area contributed by atoms with Crippen LogP contribution in [-0.4, -0.2) is 37.4 Å². The molecule has 0 saturated heterocycles. The molecule has 0 unspecified atom stereocenters. The number of nitrogens with zero attached hydrogens (tertiary/aromatic N) is 2. The minimum absolute atomic E-state index is 0.00184. The molecule has 0 spiro atoms. The molecule has 0 fully saturated rings. The zero-order valence-electron chi connectivity index (χ0n) is 18.8. The summed E-state index contributed by atoms with van der Waals surface area (Å²) in [6.45, 7) is 0. The van der Waals surface area contributed by atoms with Gasteiger partial charge in [-0.15, -0.1) is 0 Å². The molecule has 0 bridgehead atoms. The number of carbonyl (C=O) groups excluding carboxylic acids is 1. The van der Waals surface area contributed by atoms with Crippen LogP contribution in [0.1, 0.15) is 35.9 Å². The van der Waals surface area contributed by atoms with Crippen molar-refractivity contribution in [2.75, 3.05) is 32.0 Å². The van der Waals surface area contributed by atoms with Gasteiger partial charge in [0, 0.05) is 22.7 Å². The van der Waals surface area contributed by atoms with Gasteiger partial charge >= 0.3 is 0 Å². The van der Waals surface area contributed by atoms with Gasteiger partial charge in [0.25, 0.3) is 0 Å². The minimum atomic E-state index is -0.539. The zero-order valence-corrected chi connectivity index (χ0v) is 19.6. The number of aromatic nitrogens is 2. The third-order valence-corrected chi connectivity index (χ3v) is 6.45. The summed E-state index contributed by atoms with van der Waals surface area (Å²) in [5.41, 5.74) is 3.17. The number of ether oxygens (including phenoxy) is 3. The van der Waals surface area contributed by atoms with E-state index >= 15 is 0 Å². The standard InChI is InChI=1S/C24H23ClN4O5/c1-31-18-10-14(11-19(32-2)22(18)33-3)21-20-16(26-23-24(27-21)29-34-28-23)8-13(9-17(20)30)12-4-6-15(25)7-5-12/h4-7,10-11,13,21H,8-9H2,1-3H3,(H,26,28)(H,27,29)/t13-,21-/m1/s1. The van der Waals surface area contributed by atoms with E-state index in [0.29, 0.717) is 52.3 Å². The summed E-state index contributed by atoms with van der Waals surface area (Å²) >= 11 is 6.06. The SMILES string of the molecule is COc1cc([C@H]2Nc3nonc3NC3=C2C(=O)C[C@H](c2ccc(Cl)cc2)C3)cc(OC)c1OC. The first kappa shape index (κ1) is 22.1. The highest BCUT2D eigenvalue weighted by atomic mass is 35.5. The number of carbonyl (C=O) groups is 1. The van der Waals surface area contributed by atoms with Gasteiger partial charge in [0.05, 0.1) is 27.4 Å². The van der Waals surface area contributed by atoms with E-state index in [-0.39, 0.29) is 11.7 Å². The fourth-order valence-corrected chi connectivity index (χ4v) is 4.72. The van der Waals surface area contributed by atoms with E-state index in [2.05, 4.69) is 20.9 Å². The topological polar surface area (TPSA) is 108 Å². The number of ketones is 1. The highest BCUT2D eigenvalue weighted by molar-refractivity contribution is 6.30. The van der Waals surface area contributed by atoms with E-state index in [1.807, 2.05) is 36.4 Å². The molecule has 1 aliphatic heterocycles. The molecule has 0 saturated carbocycles. The van der Waals surface area contributed by atoms with E-state index in [1.165, 1.54) is 0 Å². The number of hydrogen-bond acceptors (Lipinski definition) is 9. The Hall–Kier alpha value is -3.72. The van der Waals surface area contributed by atoms with Crippen molar-refractivity contribution in [3.8, 4) is 17.2 Å². The summed E-state index contributed by atoms with van der Waals surface area (Å²) in [4.78, 5) is 13.6. The number of halogens is 1. The summed E-state index contributed by atoms with van der Waals surface area (Å²) in [6, 6.07) is 10.7. The average Bonchev–Trinajstić information content (AvgIpc) is 3.21. The Labute approximate surface area is 201 Å². The molecule has 1 aliphatic carbocycles. The van der Waals surface area contributed by atoms with Crippen molar-refractivity contribution in [2.45, 2.75) is 24.8 Å². The van der Waals surface area contributed by atoms with Gasteiger partial charge in [0.2, 0.25) is 17.4 Å². The fourth-order valence-electron chi connectivity index (χ4n) is 4.59. The van der Waals surface area contributed by atoms with Crippen molar-refractivity contribution >= 4 is 29.0 Å². The van der Waals surface area contributed by atoms with Crippen molar-refractivity contribution in [3.05, 3.63) is 63.8 Å². The smallest absolute Gasteiger partial charge is 0.219 e. The van der Waals surface area contributed by atoms with Gasteiger partial charge < -0.3 is 24.8 Å². The number of Topliss-reactive ketones (excluding diaryl/α,β-unsaturated/α-hetero) is 1. The maximum absolute atomic E-state index is 13.6. The van der Waals surface area contributed by atoms with E-state index < -0.39 is 6.04 Å². The van der Waals surface area contributed by atoms with Crippen LogP contribution >= 0.6 is 11.6 Å². The van der Waals surface area contributed by atoms with Gasteiger partial charge in [0.15, 0.2) is 17.3 Å². The number of benzene rings is 2. The highest BCUT2D eigenvalue weighted by Crippen LogP contribution is 2.46. The first-order valence-corrected chi connectivity index (χ1v) is 11.1. The van der Waals surface area contributed by atoms with Crippen LogP contribution in [0.5, 0.6) is 17.2 Å². The Kier molecular flexibility index (Phi) is 5.79. The zero-order chi connectivity index (χ0) is 23.8. The molecular formula is C24H23ClN4O5. The molecule has 5 rings (SSSR count). The van der Waals surface area contributed by atoms with Crippen LogP contribution in [0.2, 0.25) is 5.02 Å². The molecule has 176 valence electrons. The molecule has 3 aromatic rings. The summed E-state index contributed by atoms with van der Waals surface area (Å²) in [6.07, 6.45) is 0.970. The molecule has 2 aromatic carbocycles. The van der Waals surface area contributed by atoms with Crippen molar-refractivity contribution in [2.24, 2.45) is 0 Å². The molecule has 1 aromatic heterocycles. The van der Waals surface area contributed by atoms with Gasteiger partial charge in [-0.05, 0) is 58.0 Å². The Morgan fingerprint density at radius 2 is 1.62 bits per heavy atom. The van der Waals surface area contributed by atoms with Gasteiger partial charge in [-0.3, -0.25) is 4.79 Å². The number of rotatable bonds is 5. The summed E-state index contributed by atoms with van der Waals surface area (Å²) in [5, 5.41) is 15.2. The lowest BCUT2D eigenvalue weighted by atomic mass is 9.78. The predicted molar refractivity (Wildman–Crippen MR) is 126 cm³/mol. The second-order valence-corrected chi connectivity index (χ2v) is 8.53. The van der Waals surface area contributed by atoms with E-state index in [4.69, 9.17) is 30.4 Å². The lowest BCUT2D eigenvalue weighted by Crippen LogP contribution is -2.27. The quantitative estimate of drug-likeness (QED) is 0.533. The van der Waals surface area contributed by atoms with Gasteiger partial charge in [-0.1, -0.05) is 23.7 Å². The fraction of sp³-hybridized carbons (Fsp3) is 0.292. The largest absolute Gasteiger partial charge is 0.493 e. The normalized spacial score (nSPS) is 19.4. The molecule has 2 atom stereocenters. The summed E-state index contributed by atoms with van der Waals surface area (Å²) in [5.74, 6) is 2.28. The van der Waals surface area contributed by atoms with Crippen LogP contribution in [0.15, 0.2) is 52.3 Å². The Bertz CT molecular complexity index is 1250. The van der Waals surface area contributed by atoms with Gasteiger partial charge in [-0.2, -0.15) is 0 Å². The van der Waals surface area contributed by atoms with E-state index in [1.54, 1.807) is 21.3 Å².